The van der Waals surface area contributed by atoms with Gasteiger partial charge in [-0.25, -0.2) is 4.39 Å². The number of fused-ring (bicyclic) bond motifs is 1. The Morgan fingerprint density at radius 2 is 1.95 bits per heavy atom. The van der Waals surface area contributed by atoms with Gasteiger partial charge in [0.15, 0.2) is 0 Å². The number of anilines is 1. The van der Waals surface area contributed by atoms with Crippen LogP contribution in [0.3, 0.4) is 0 Å². The van der Waals surface area contributed by atoms with Crippen molar-refractivity contribution < 1.29 is 9.18 Å². The van der Waals surface area contributed by atoms with E-state index in [0.29, 0.717) is 12.0 Å². The molecule has 3 nitrogen and oxygen atoms in total. The lowest BCUT2D eigenvalue weighted by atomic mass is 9.93. The Balaban J connectivity index is 1.85. The monoisotopic (exact) mass is 270 g/mol. The summed E-state index contributed by atoms with van der Waals surface area (Å²) in [6, 6.07) is 12.4. The molecule has 4 heteroatoms. The molecule has 3 N–H and O–H groups in total. The molecule has 1 unspecified atom stereocenters. The second-order valence-corrected chi connectivity index (χ2v) is 4.99. The van der Waals surface area contributed by atoms with Crippen LogP contribution < -0.4 is 11.1 Å². The smallest absolute Gasteiger partial charge is 0.248 e. The van der Waals surface area contributed by atoms with E-state index in [1.165, 1.54) is 6.07 Å². The van der Waals surface area contributed by atoms with Gasteiger partial charge in [0.1, 0.15) is 5.82 Å². The first-order chi connectivity index (χ1) is 9.65. The highest BCUT2D eigenvalue weighted by Gasteiger charge is 2.21. The number of rotatable bonds is 2. The third kappa shape index (κ3) is 2.25. The van der Waals surface area contributed by atoms with E-state index in [1.54, 1.807) is 18.2 Å². The fraction of sp³-hybridized carbons (Fsp3) is 0.188. The molecular weight excluding hydrogens is 255 g/mol. The highest BCUT2D eigenvalue weighted by Crippen LogP contribution is 2.33. The predicted molar refractivity (Wildman–Crippen MR) is 76.0 cm³/mol. The zero-order chi connectivity index (χ0) is 14.1. The Morgan fingerprint density at radius 1 is 1.20 bits per heavy atom. The molecule has 0 aliphatic carbocycles. The van der Waals surface area contributed by atoms with E-state index in [4.69, 9.17) is 5.73 Å². The summed E-state index contributed by atoms with van der Waals surface area (Å²) < 4.78 is 13.7. The minimum Gasteiger partial charge on any atom is -0.378 e. The highest BCUT2D eigenvalue weighted by molar-refractivity contribution is 5.92. The fourth-order valence-corrected chi connectivity index (χ4v) is 2.63. The van der Waals surface area contributed by atoms with E-state index in [0.717, 1.165) is 23.2 Å². The van der Waals surface area contributed by atoms with Gasteiger partial charge in [-0.05, 0) is 42.7 Å². The van der Waals surface area contributed by atoms with Crippen LogP contribution in [0.1, 0.15) is 33.9 Å². The lowest BCUT2D eigenvalue weighted by molar-refractivity contribution is 0.100. The molecule has 2 aromatic rings. The quantitative estimate of drug-likeness (QED) is 0.881. The van der Waals surface area contributed by atoms with Crippen molar-refractivity contribution in [3.63, 3.8) is 0 Å². The Labute approximate surface area is 116 Å². The molecule has 2 aromatic carbocycles. The van der Waals surface area contributed by atoms with Gasteiger partial charge in [0.25, 0.3) is 0 Å². The third-order valence-corrected chi connectivity index (χ3v) is 3.73. The van der Waals surface area contributed by atoms with Gasteiger partial charge in [0.2, 0.25) is 5.91 Å². The van der Waals surface area contributed by atoms with Crippen molar-refractivity contribution in [3.8, 4) is 0 Å². The van der Waals surface area contributed by atoms with E-state index in [9.17, 15) is 9.18 Å². The van der Waals surface area contributed by atoms with Crippen molar-refractivity contribution in [1.82, 2.24) is 0 Å². The molecule has 0 saturated heterocycles. The van der Waals surface area contributed by atoms with E-state index in [-0.39, 0.29) is 11.9 Å². The molecule has 0 bridgehead atoms. The van der Waals surface area contributed by atoms with Crippen LogP contribution >= 0.6 is 0 Å². The van der Waals surface area contributed by atoms with Crippen molar-refractivity contribution >= 4 is 11.6 Å². The molecule has 1 heterocycles. The molecule has 0 spiro atoms. The lowest BCUT2D eigenvalue weighted by Gasteiger charge is -2.27. The average Bonchev–Trinajstić information content (AvgIpc) is 2.47. The number of amides is 1. The fourth-order valence-electron chi connectivity index (χ4n) is 2.63. The van der Waals surface area contributed by atoms with Crippen molar-refractivity contribution in [3.05, 3.63) is 65.0 Å². The molecule has 0 aromatic heterocycles. The Morgan fingerprint density at radius 3 is 2.65 bits per heavy atom. The van der Waals surface area contributed by atoms with Crippen molar-refractivity contribution in [2.45, 2.75) is 18.9 Å². The van der Waals surface area contributed by atoms with Crippen LogP contribution in [0, 0.1) is 5.82 Å². The van der Waals surface area contributed by atoms with Crippen LogP contribution in [0.25, 0.3) is 0 Å². The largest absolute Gasteiger partial charge is 0.378 e. The third-order valence-electron chi connectivity index (χ3n) is 3.73. The molecule has 1 aliphatic heterocycles. The van der Waals surface area contributed by atoms with Gasteiger partial charge in [0.05, 0.1) is 6.04 Å². The van der Waals surface area contributed by atoms with Crippen LogP contribution in [-0.4, -0.2) is 5.91 Å². The molecule has 0 fully saturated rings. The Bertz CT molecular complexity index is 652. The molecule has 102 valence electrons. The first kappa shape index (κ1) is 12.7. The van der Waals surface area contributed by atoms with Crippen LogP contribution in [-0.2, 0) is 6.42 Å². The number of benzene rings is 2. The second kappa shape index (κ2) is 4.96. The minimum atomic E-state index is -0.430. The number of nitrogens with two attached hydrogens (primary N) is 1. The van der Waals surface area contributed by atoms with Crippen LogP contribution in [0.4, 0.5) is 10.1 Å². The van der Waals surface area contributed by atoms with Crippen LogP contribution in [0.5, 0.6) is 0 Å². The number of hydrogen-bond acceptors (Lipinski definition) is 2. The van der Waals surface area contributed by atoms with Crippen molar-refractivity contribution in [1.29, 1.82) is 0 Å². The van der Waals surface area contributed by atoms with Gasteiger partial charge in [-0.2, -0.15) is 0 Å². The number of carbonyl (C=O) groups is 1. The van der Waals surface area contributed by atoms with E-state index in [1.807, 2.05) is 18.2 Å². The van der Waals surface area contributed by atoms with E-state index < -0.39 is 5.91 Å². The number of hydrogen-bond donors (Lipinski definition) is 2. The summed E-state index contributed by atoms with van der Waals surface area (Å²) in [7, 11) is 0. The van der Waals surface area contributed by atoms with Gasteiger partial charge >= 0.3 is 0 Å². The SMILES string of the molecule is NC(=O)c1ccc(C2CCc3c(F)cccc3N2)cc1. The first-order valence-electron chi connectivity index (χ1n) is 6.59. The summed E-state index contributed by atoms with van der Waals surface area (Å²) in [5.41, 5.74) is 8.39. The molecule has 1 amide bonds. The highest BCUT2D eigenvalue weighted by atomic mass is 19.1. The molecule has 1 atom stereocenters. The number of carbonyl (C=O) groups excluding carboxylic acids is 1. The summed E-state index contributed by atoms with van der Waals surface area (Å²) in [4.78, 5) is 11.1. The number of primary amides is 1. The van der Waals surface area contributed by atoms with Crippen molar-refractivity contribution in [2.75, 3.05) is 5.32 Å². The molecule has 3 rings (SSSR count). The Kier molecular flexibility index (Phi) is 3.14. The van der Waals surface area contributed by atoms with Gasteiger partial charge in [-0.15, -0.1) is 0 Å². The van der Waals surface area contributed by atoms with Gasteiger partial charge in [-0.3, -0.25) is 4.79 Å². The maximum Gasteiger partial charge on any atom is 0.248 e. The maximum absolute atomic E-state index is 13.7. The molecule has 20 heavy (non-hydrogen) atoms. The van der Waals surface area contributed by atoms with Gasteiger partial charge in [0, 0.05) is 16.8 Å². The lowest BCUT2D eigenvalue weighted by Crippen LogP contribution is -2.19. The topological polar surface area (TPSA) is 55.1 Å². The predicted octanol–water partition coefficient (Wildman–Crippen LogP) is 3.02. The summed E-state index contributed by atoms with van der Waals surface area (Å²) in [6.07, 6.45) is 1.53. The summed E-state index contributed by atoms with van der Waals surface area (Å²) >= 11 is 0. The van der Waals surface area contributed by atoms with E-state index in [2.05, 4.69) is 5.32 Å². The molecular formula is C16H15FN2O. The van der Waals surface area contributed by atoms with Gasteiger partial charge in [-0.1, -0.05) is 18.2 Å². The van der Waals surface area contributed by atoms with Crippen LogP contribution in [0.15, 0.2) is 42.5 Å². The summed E-state index contributed by atoms with van der Waals surface area (Å²) in [6.45, 7) is 0. The van der Waals surface area contributed by atoms with Gasteiger partial charge < -0.3 is 11.1 Å². The number of halogens is 1. The normalized spacial score (nSPS) is 17.1. The molecule has 0 radical (unpaired) electrons. The Hall–Kier alpha value is -2.36. The zero-order valence-electron chi connectivity index (χ0n) is 10.9. The van der Waals surface area contributed by atoms with Crippen LogP contribution in [0.2, 0.25) is 0 Å². The zero-order valence-corrected chi connectivity index (χ0v) is 10.9. The molecule has 0 saturated carbocycles. The average molecular weight is 270 g/mol. The number of nitrogens with one attached hydrogen (secondary N) is 1. The van der Waals surface area contributed by atoms with Crippen molar-refractivity contribution in [2.24, 2.45) is 5.73 Å². The standard InChI is InChI=1S/C16H15FN2O/c17-13-2-1-3-15-12(13)8-9-14(19-15)10-4-6-11(7-5-10)16(18)20/h1-7,14,19H,8-9H2,(H2,18,20). The van der Waals surface area contributed by atoms with E-state index >= 15 is 0 Å². The molecule has 1 aliphatic rings. The maximum atomic E-state index is 13.7. The summed E-state index contributed by atoms with van der Waals surface area (Å²) in [5, 5.41) is 3.35. The summed E-state index contributed by atoms with van der Waals surface area (Å²) in [5.74, 6) is -0.585. The first-order valence-corrected chi connectivity index (χ1v) is 6.59. The minimum absolute atomic E-state index is 0.131. The second-order valence-electron chi connectivity index (χ2n) is 4.99.